The topological polar surface area (TPSA) is 78.0 Å². The van der Waals surface area contributed by atoms with E-state index in [1.54, 1.807) is 19.1 Å². The second-order valence-corrected chi connectivity index (χ2v) is 9.24. The Morgan fingerprint density at radius 1 is 1.09 bits per heavy atom. The molecule has 186 valence electrons. The summed E-state index contributed by atoms with van der Waals surface area (Å²) in [6, 6.07) is 13.9. The number of carbonyl (C=O) groups excluding carboxylic acids is 1. The molecule has 1 fully saturated rings. The van der Waals surface area contributed by atoms with Crippen LogP contribution in [0.1, 0.15) is 39.7 Å². The van der Waals surface area contributed by atoms with Crippen LogP contribution < -0.4 is 9.47 Å². The van der Waals surface area contributed by atoms with E-state index in [1.807, 2.05) is 75.0 Å². The fraction of sp³-hybridized carbons (Fsp3) is 0.444. The SMILES string of the molecule is CC=[N+](c1cc(OC)c(OC)c(-c2ccccc2)c1C#N)N1CCCN(C(=O)OC(C)(C)C)CC1. The van der Waals surface area contributed by atoms with Gasteiger partial charge in [-0.3, -0.25) is 0 Å². The van der Waals surface area contributed by atoms with E-state index >= 15 is 0 Å². The van der Waals surface area contributed by atoms with Gasteiger partial charge in [-0.05, 0) is 32.8 Å². The number of hydrazone groups is 1. The van der Waals surface area contributed by atoms with Crippen LogP contribution in [0.15, 0.2) is 36.4 Å². The first-order chi connectivity index (χ1) is 16.7. The molecule has 0 saturated carbocycles. The zero-order chi connectivity index (χ0) is 25.6. The van der Waals surface area contributed by atoms with Crippen molar-refractivity contribution in [2.45, 2.75) is 39.7 Å². The van der Waals surface area contributed by atoms with Gasteiger partial charge in [0.15, 0.2) is 17.7 Å². The molecule has 0 radical (unpaired) electrons. The van der Waals surface area contributed by atoms with E-state index in [2.05, 4.69) is 11.1 Å². The number of ether oxygens (including phenoxy) is 3. The molecule has 1 heterocycles. The molecule has 1 aliphatic rings. The molecule has 35 heavy (non-hydrogen) atoms. The zero-order valence-electron chi connectivity index (χ0n) is 21.5. The highest BCUT2D eigenvalue weighted by atomic mass is 16.6. The Hall–Kier alpha value is -3.73. The lowest BCUT2D eigenvalue weighted by Crippen LogP contribution is -2.40. The van der Waals surface area contributed by atoms with Gasteiger partial charge in [0.1, 0.15) is 17.2 Å². The number of amides is 1. The quantitative estimate of drug-likeness (QED) is 0.451. The van der Waals surface area contributed by atoms with Gasteiger partial charge in [0, 0.05) is 20.0 Å². The molecule has 1 saturated heterocycles. The van der Waals surface area contributed by atoms with Crippen molar-refractivity contribution in [3.63, 3.8) is 0 Å². The van der Waals surface area contributed by atoms with Crippen LogP contribution >= 0.6 is 0 Å². The Bertz CT molecular complexity index is 1120. The summed E-state index contributed by atoms with van der Waals surface area (Å²) < 4.78 is 18.9. The summed E-state index contributed by atoms with van der Waals surface area (Å²) in [5, 5.41) is 12.4. The summed E-state index contributed by atoms with van der Waals surface area (Å²) in [4.78, 5) is 14.4. The van der Waals surface area contributed by atoms with Crippen molar-refractivity contribution >= 4 is 18.0 Å². The number of methoxy groups -OCH3 is 2. The van der Waals surface area contributed by atoms with E-state index in [9.17, 15) is 10.1 Å². The number of hydrazine groups is 1. The zero-order valence-corrected chi connectivity index (χ0v) is 21.5. The van der Waals surface area contributed by atoms with Crippen molar-refractivity contribution in [1.82, 2.24) is 9.91 Å². The van der Waals surface area contributed by atoms with Crippen LogP contribution in [0.4, 0.5) is 10.5 Å². The molecule has 0 unspecified atom stereocenters. The predicted molar refractivity (Wildman–Crippen MR) is 135 cm³/mol. The molecule has 0 spiro atoms. The Balaban J connectivity index is 2.02. The van der Waals surface area contributed by atoms with Gasteiger partial charge >= 0.3 is 6.09 Å². The molecular weight excluding hydrogens is 444 g/mol. The summed E-state index contributed by atoms with van der Waals surface area (Å²) in [6.07, 6.45) is 2.39. The summed E-state index contributed by atoms with van der Waals surface area (Å²) in [7, 11) is 3.17. The molecule has 1 amide bonds. The third kappa shape index (κ3) is 5.86. The summed E-state index contributed by atoms with van der Waals surface area (Å²) in [5.74, 6) is 1.06. The number of hydrogen-bond acceptors (Lipinski definition) is 6. The van der Waals surface area contributed by atoms with Crippen molar-refractivity contribution in [1.29, 1.82) is 5.26 Å². The van der Waals surface area contributed by atoms with Crippen LogP contribution in [-0.2, 0) is 4.74 Å². The van der Waals surface area contributed by atoms with Gasteiger partial charge in [-0.2, -0.15) is 10.3 Å². The van der Waals surface area contributed by atoms with Crippen molar-refractivity contribution in [3.8, 4) is 28.7 Å². The van der Waals surface area contributed by atoms with Crippen LogP contribution in [0.3, 0.4) is 0 Å². The van der Waals surface area contributed by atoms with Gasteiger partial charge in [0.05, 0.1) is 38.9 Å². The lowest BCUT2D eigenvalue weighted by Gasteiger charge is -2.26. The Labute approximate surface area is 207 Å². The molecular formula is C27H35N4O4+. The van der Waals surface area contributed by atoms with Gasteiger partial charge in [0.2, 0.25) is 0 Å². The Morgan fingerprint density at radius 2 is 1.80 bits per heavy atom. The summed E-state index contributed by atoms with van der Waals surface area (Å²) >= 11 is 0. The highest BCUT2D eigenvalue weighted by Gasteiger charge is 2.32. The number of benzene rings is 2. The average Bonchev–Trinajstić information content (AvgIpc) is 3.09. The normalized spacial score (nSPS) is 14.7. The van der Waals surface area contributed by atoms with E-state index in [-0.39, 0.29) is 6.09 Å². The van der Waals surface area contributed by atoms with Gasteiger partial charge < -0.3 is 19.1 Å². The van der Waals surface area contributed by atoms with E-state index in [0.29, 0.717) is 54.5 Å². The standard InChI is InChI=1S/C27H35N4O4/c1-7-31(30-15-11-14-29(16-17-30)26(32)35-27(2,3)4)22-18-23(33-5)25(34-6)24(21(22)19-28)20-12-9-8-10-13-20/h7-10,12-13,18H,11,14-17H2,1-6H3/q+1. The molecule has 0 N–H and O–H groups in total. The maximum atomic E-state index is 12.6. The van der Waals surface area contributed by atoms with Gasteiger partial charge in [-0.25, -0.2) is 4.79 Å². The molecule has 3 rings (SSSR count). The third-order valence-electron chi connectivity index (χ3n) is 5.74. The molecule has 2 aromatic rings. The minimum absolute atomic E-state index is 0.304. The van der Waals surface area contributed by atoms with Crippen LogP contribution in [0.5, 0.6) is 11.5 Å². The largest absolute Gasteiger partial charge is 0.493 e. The minimum Gasteiger partial charge on any atom is -0.493 e. The van der Waals surface area contributed by atoms with Crippen molar-refractivity contribution < 1.29 is 23.7 Å². The molecule has 1 aliphatic heterocycles. The Morgan fingerprint density at radius 3 is 2.37 bits per heavy atom. The average molecular weight is 480 g/mol. The summed E-state index contributed by atoms with van der Waals surface area (Å²) in [6.45, 7) is 9.95. The van der Waals surface area contributed by atoms with Crippen molar-refractivity contribution in [2.24, 2.45) is 0 Å². The highest BCUT2D eigenvalue weighted by Crippen LogP contribution is 2.45. The van der Waals surface area contributed by atoms with E-state index in [1.165, 1.54) is 0 Å². The second kappa shape index (κ2) is 11.1. The highest BCUT2D eigenvalue weighted by molar-refractivity contribution is 5.84. The smallest absolute Gasteiger partial charge is 0.410 e. The predicted octanol–water partition coefficient (Wildman–Crippen LogP) is 4.83. The monoisotopic (exact) mass is 479 g/mol. The third-order valence-corrected chi connectivity index (χ3v) is 5.74. The van der Waals surface area contributed by atoms with E-state index < -0.39 is 5.60 Å². The van der Waals surface area contributed by atoms with E-state index in [4.69, 9.17) is 14.2 Å². The van der Waals surface area contributed by atoms with Crippen LogP contribution in [0.25, 0.3) is 11.1 Å². The van der Waals surface area contributed by atoms with Gasteiger partial charge in [0.25, 0.3) is 5.69 Å². The number of nitrogens with zero attached hydrogens (tertiary/aromatic N) is 4. The molecule has 0 aromatic heterocycles. The fourth-order valence-corrected chi connectivity index (χ4v) is 4.24. The second-order valence-electron chi connectivity index (χ2n) is 9.24. The molecule has 2 aromatic carbocycles. The summed E-state index contributed by atoms with van der Waals surface area (Å²) in [5.41, 5.74) is 2.19. The Kier molecular flexibility index (Phi) is 8.23. The lowest BCUT2D eigenvalue weighted by atomic mass is 9.97. The molecule has 0 atom stereocenters. The maximum absolute atomic E-state index is 12.6. The van der Waals surface area contributed by atoms with Crippen LogP contribution in [0, 0.1) is 11.3 Å². The number of hydrogen-bond donors (Lipinski definition) is 0. The maximum Gasteiger partial charge on any atom is 0.410 e. The van der Waals surface area contributed by atoms with Crippen LogP contribution in [0.2, 0.25) is 0 Å². The minimum atomic E-state index is -0.540. The fourth-order valence-electron chi connectivity index (χ4n) is 4.24. The van der Waals surface area contributed by atoms with Crippen LogP contribution in [-0.4, -0.2) is 72.9 Å². The number of rotatable bonds is 5. The molecule has 0 bridgehead atoms. The lowest BCUT2D eigenvalue weighted by molar-refractivity contribution is -0.619. The molecule has 8 heteroatoms. The molecule has 8 nitrogen and oxygen atoms in total. The molecule has 0 aliphatic carbocycles. The van der Waals surface area contributed by atoms with Gasteiger partial charge in [-0.15, -0.1) is 0 Å². The van der Waals surface area contributed by atoms with E-state index in [0.717, 1.165) is 12.0 Å². The number of nitriles is 1. The number of carbonyl (C=O) groups is 1. The van der Waals surface area contributed by atoms with Gasteiger partial charge in [-0.1, -0.05) is 35.0 Å². The first-order valence-electron chi connectivity index (χ1n) is 11.8. The van der Waals surface area contributed by atoms with Crippen molar-refractivity contribution in [2.75, 3.05) is 40.4 Å². The first kappa shape index (κ1) is 25.9. The van der Waals surface area contributed by atoms with Crippen molar-refractivity contribution in [3.05, 3.63) is 42.0 Å². The first-order valence-corrected chi connectivity index (χ1v) is 11.8.